The van der Waals surface area contributed by atoms with Crippen molar-refractivity contribution in [2.45, 2.75) is 41.0 Å². The number of halogens is 3. The zero-order chi connectivity index (χ0) is 22.8. The van der Waals surface area contributed by atoms with Gasteiger partial charge in [0.1, 0.15) is 0 Å². The van der Waals surface area contributed by atoms with Gasteiger partial charge in [0.25, 0.3) is 0 Å². The zero-order valence-corrected chi connectivity index (χ0v) is 18.0. The Morgan fingerprint density at radius 1 is 1.23 bits per heavy atom. The highest BCUT2D eigenvalue weighted by Crippen LogP contribution is 2.36. The van der Waals surface area contributed by atoms with Gasteiger partial charge >= 0.3 is 6.18 Å². The van der Waals surface area contributed by atoms with Crippen LogP contribution in [0.5, 0.6) is 0 Å². The number of carbonyl (C=O) groups is 2. The molecule has 2 aromatic rings. The molecule has 0 aliphatic carbocycles. The van der Waals surface area contributed by atoms with Crippen LogP contribution in [0.2, 0.25) is 0 Å². The number of fused-ring (bicyclic) bond motifs is 1. The van der Waals surface area contributed by atoms with Gasteiger partial charge in [0.2, 0.25) is 11.8 Å². The Morgan fingerprint density at radius 3 is 2.68 bits per heavy atom. The van der Waals surface area contributed by atoms with Gasteiger partial charge in [-0.25, -0.2) is 8.42 Å². The number of sulfone groups is 1. The van der Waals surface area contributed by atoms with Crippen molar-refractivity contribution in [3.63, 3.8) is 0 Å². The Bertz CT molecular complexity index is 1120. The van der Waals surface area contributed by atoms with Gasteiger partial charge in [0, 0.05) is 28.7 Å². The fraction of sp³-hybridized carbons (Fsp3) is 0.300. The summed E-state index contributed by atoms with van der Waals surface area (Å²) in [5, 5.41) is 5.01. The van der Waals surface area contributed by atoms with Crippen molar-refractivity contribution in [1.29, 1.82) is 0 Å². The van der Waals surface area contributed by atoms with Crippen LogP contribution >= 0.6 is 11.8 Å². The molecule has 1 aliphatic heterocycles. The minimum Gasteiger partial charge on any atom is -0.326 e. The smallest absolute Gasteiger partial charge is 0.326 e. The molecule has 0 saturated heterocycles. The minimum atomic E-state index is -4.55. The molecule has 1 heterocycles. The predicted molar refractivity (Wildman–Crippen MR) is 112 cm³/mol. The average molecular weight is 473 g/mol. The van der Waals surface area contributed by atoms with Crippen LogP contribution in [0.4, 0.5) is 24.5 Å². The summed E-state index contributed by atoms with van der Waals surface area (Å²) in [5.41, 5.74) is -0.595. The van der Waals surface area contributed by atoms with E-state index in [1.165, 1.54) is 30.0 Å². The van der Waals surface area contributed by atoms with Gasteiger partial charge in [-0.15, -0.1) is 11.8 Å². The van der Waals surface area contributed by atoms with Crippen LogP contribution in [0.15, 0.2) is 52.3 Å². The number of hydrogen-bond acceptors (Lipinski definition) is 5. The Balaban J connectivity index is 1.68. The molecule has 2 aromatic carbocycles. The van der Waals surface area contributed by atoms with Gasteiger partial charge in [0.05, 0.1) is 21.9 Å². The molecule has 3 rings (SSSR count). The molecule has 2 N–H and O–H groups in total. The molecule has 31 heavy (non-hydrogen) atoms. The molecule has 166 valence electrons. The van der Waals surface area contributed by atoms with E-state index < -0.39 is 39.7 Å². The normalized spacial score (nSPS) is 16.8. The second-order valence-corrected chi connectivity index (χ2v) is 10.6. The van der Waals surface area contributed by atoms with Crippen LogP contribution in [0.3, 0.4) is 0 Å². The Morgan fingerprint density at radius 2 is 1.97 bits per heavy atom. The van der Waals surface area contributed by atoms with E-state index in [2.05, 4.69) is 10.6 Å². The van der Waals surface area contributed by atoms with Crippen LogP contribution in [-0.2, 0) is 25.6 Å². The first-order valence-electron chi connectivity index (χ1n) is 9.24. The molecule has 0 radical (unpaired) electrons. The Labute approximate surface area is 181 Å². The molecule has 0 fully saturated rings. The summed E-state index contributed by atoms with van der Waals surface area (Å²) in [6.45, 7) is 1.90. The number of hydrogen-bond donors (Lipinski definition) is 2. The lowest BCUT2D eigenvalue weighted by Crippen LogP contribution is -2.18. The zero-order valence-electron chi connectivity index (χ0n) is 16.3. The Hall–Kier alpha value is -2.53. The largest absolute Gasteiger partial charge is 0.416 e. The highest BCUT2D eigenvalue weighted by molar-refractivity contribution is 8.00. The lowest BCUT2D eigenvalue weighted by molar-refractivity contribution is -0.137. The molecule has 6 nitrogen and oxygen atoms in total. The van der Waals surface area contributed by atoms with Gasteiger partial charge in [-0.05, 0) is 36.4 Å². The number of carbonyl (C=O) groups excluding carboxylic acids is 2. The van der Waals surface area contributed by atoms with E-state index in [0.717, 1.165) is 23.1 Å². The summed E-state index contributed by atoms with van der Waals surface area (Å²) >= 11 is 1.46. The molecular weight excluding hydrogens is 453 g/mol. The van der Waals surface area contributed by atoms with E-state index in [-0.39, 0.29) is 21.7 Å². The maximum absolute atomic E-state index is 12.8. The minimum absolute atomic E-state index is 0.0447. The van der Waals surface area contributed by atoms with Crippen molar-refractivity contribution in [2.24, 2.45) is 0 Å². The number of benzene rings is 2. The topological polar surface area (TPSA) is 92.3 Å². The van der Waals surface area contributed by atoms with Crippen molar-refractivity contribution >= 4 is 44.8 Å². The highest BCUT2D eigenvalue weighted by Gasteiger charge is 2.30. The van der Waals surface area contributed by atoms with Crippen LogP contribution in [0, 0.1) is 0 Å². The maximum atomic E-state index is 12.8. The first-order chi connectivity index (χ1) is 14.4. The van der Waals surface area contributed by atoms with E-state index in [1.807, 2.05) is 6.92 Å². The fourth-order valence-electron chi connectivity index (χ4n) is 2.97. The summed E-state index contributed by atoms with van der Waals surface area (Å²) in [5.74, 6) is -1.47. The first-order valence-corrected chi connectivity index (χ1v) is 11.8. The van der Waals surface area contributed by atoms with E-state index >= 15 is 0 Å². The van der Waals surface area contributed by atoms with E-state index in [1.54, 1.807) is 6.07 Å². The van der Waals surface area contributed by atoms with Crippen molar-refractivity contribution < 1.29 is 31.2 Å². The number of alkyl halides is 3. The first kappa shape index (κ1) is 23.1. The summed E-state index contributed by atoms with van der Waals surface area (Å²) in [6.07, 6.45) is -4.69. The van der Waals surface area contributed by atoms with Gasteiger partial charge in [-0.3, -0.25) is 9.59 Å². The maximum Gasteiger partial charge on any atom is 0.416 e. The second kappa shape index (κ2) is 8.91. The van der Waals surface area contributed by atoms with Crippen LogP contribution in [0.1, 0.15) is 25.3 Å². The predicted octanol–water partition coefficient (Wildman–Crippen LogP) is 4.33. The summed E-state index contributed by atoms with van der Waals surface area (Å²) < 4.78 is 63.6. The summed E-state index contributed by atoms with van der Waals surface area (Å²) in [6, 6.07) is 8.47. The SMILES string of the molecule is CC1CC(=O)Nc2cc(S(=O)(=O)CCC(=O)Nc3cccc(C(F)(F)F)c3)ccc2S1. The second-order valence-electron chi connectivity index (χ2n) is 7.03. The van der Waals surface area contributed by atoms with Gasteiger partial charge in [0.15, 0.2) is 9.84 Å². The quantitative estimate of drug-likeness (QED) is 0.676. The highest BCUT2D eigenvalue weighted by atomic mass is 32.2. The van der Waals surface area contributed by atoms with E-state index in [9.17, 15) is 31.2 Å². The third kappa shape index (κ3) is 6.01. The van der Waals surface area contributed by atoms with Crippen molar-refractivity contribution in [1.82, 2.24) is 0 Å². The molecule has 1 unspecified atom stereocenters. The molecular formula is C20H19F3N2O4S2. The average Bonchev–Trinajstić information content (AvgIpc) is 2.81. The van der Waals surface area contributed by atoms with Gasteiger partial charge < -0.3 is 10.6 Å². The molecule has 1 atom stereocenters. The molecule has 0 spiro atoms. The van der Waals surface area contributed by atoms with Gasteiger partial charge in [-0.2, -0.15) is 13.2 Å². The Kier molecular flexibility index (Phi) is 6.65. The monoisotopic (exact) mass is 472 g/mol. The van der Waals surface area contributed by atoms with Crippen LogP contribution in [0.25, 0.3) is 0 Å². The number of amides is 2. The van der Waals surface area contributed by atoms with E-state index in [0.29, 0.717) is 12.1 Å². The van der Waals surface area contributed by atoms with Crippen molar-refractivity contribution in [2.75, 3.05) is 16.4 Å². The number of rotatable bonds is 5. The van der Waals surface area contributed by atoms with E-state index in [4.69, 9.17) is 0 Å². The molecule has 0 bridgehead atoms. The number of nitrogens with one attached hydrogen (secondary N) is 2. The van der Waals surface area contributed by atoms with Crippen LogP contribution < -0.4 is 10.6 Å². The van der Waals surface area contributed by atoms with Crippen molar-refractivity contribution in [3.8, 4) is 0 Å². The number of anilines is 2. The van der Waals surface area contributed by atoms with Crippen molar-refractivity contribution in [3.05, 3.63) is 48.0 Å². The molecule has 0 aromatic heterocycles. The van der Waals surface area contributed by atoms with Gasteiger partial charge in [-0.1, -0.05) is 13.0 Å². The number of thioether (sulfide) groups is 1. The lowest BCUT2D eigenvalue weighted by atomic mass is 10.2. The fourth-order valence-corrected chi connectivity index (χ4v) is 5.28. The third-order valence-corrected chi connectivity index (χ3v) is 7.35. The molecule has 11 heteroatoms. The summed E-state index contributed by atoms with van der Waals surface area (Å²) in [4.78, 5) is 24.7. The molecule has 1 aliphatic rings. The third-order valence-electron chi connectivity index (χ3n) is 4.46. The molecule has 0 saturated carbocycles. The standard InChI is InChI=1S/C20H19F3N2O4S2/c1-12-9-19(27)25-16-11-15(5-6-17(16)30-12)31(28,29)8-7-18(26)24-14-4-2-3-13(10-14)20(21,22)23/h2-6,10-12H,7-9H2,1H3,(H,24,26)(H,25,27). The lowest BCUT2D eigenvalue weighted by Gasteiger charge is -2.11. The molecule has 2 amide bonds. The van der Waals surface area contributed by atoms with Crippen LogP contribution in [-0.4, -0.2) is 31.2 Å². The summed E-state index contributed by atoms with van der Waals surface area (Å²) in [7, 11) is -3.86.